The van der Waals surface area contributed by atoms with E-state index in [9.17, 15) is 23.4 Å². The summed E-state index contributed by atoms with van der Waals surface area (Å²) >= 11 is 0. The van der Waals surface area contributed by atoms with Crippen molar-refractivity contribution >= 4 is 5.71 Å². The van der Waals surface area contributed by atoms with Crippen LogP contribution < -0.4 is 4.74 Å². The first kappa shape index (κ1) is 24.0. The third-order valence-electron chi connectivity index (χ3n) is 8.56. The zero-order valence-electron chi connectivity index (χ0n) is 19.8. The molecule has 5 nitrogen and oxygen atoms in total. The Kier molecular flexibility index (Phi) is 5.98. The number of aliphatic hydroxyl groups is 1. The van der Waals surface area contributed by atoms with Crippen LogP contribution in [0, 0.1) is 17.3 Å². The molecule has 0 heterocycles. The van der Waals surface area contributed by atoms with Gasteiger partial charge in [-0.25, -0.2) is 0 Å². The number of alkyl halides is 3. The molecule has 2 N–H and O–H groups in total. The number of phenolic OH excluding ortho intramolecular Hbond substituents is 1. The Bertz CT molecular complexity index is 1130. The van der Waals surface area contributed by atoms with Crippen molar-refractivity contribution in [1.29, 1.82) is 0 Å². The number of phenols is 1. The lowest BCUT2D eigenvalue weighted by Gasteiger charge is -2.50. The molecule has 0 unspecified atom stereocenters. The first-order valence-electron chi connectivity index (χ1n) is 12.1. The first-order valence-corrected chi connectivity index (χ1v) is 12.1. The third kappa shape index (κ3) is 4.15. The number of nitrogens with zero attached hydrogens (tertiary/aromatic N) is 1. The number of aromatic hydroxyl groups is 1. The van der Waals surface area contributed by atoms with Crippen molar-refractivity contribution in [2.45, 2.75) is 63.8 Å². The molecule has 8 heteroatoms. The highest BCUT2D eigenvalue weighted by Crippen LogP contribution is 2.61. The molecule has 3 aliphatic carbocycles. The molecule has 188 valence electrons. The van der Waals surface area contributed by atoms with E-state index < -0.39 is 11.7 Å². The largest absolute Gasteiger partial charge is 0.504 e. The van der Waals surface area contributed by atoms with E-state index in [0.717, 1.165) is 48.9 Å². The second-order valence-corrected chi connectivity index (χ2v) is 10.3. The average Bonchev–Trinajstić information content (AvgIpc) is 3.13. The average molecular weight is 490 g/mol. The Labute approximate surface area is 202 Å². The van der Waals surface area contributed by atoms with Crippen molar-refractivity contribution in [2.24, 2.45) is 22.4 Å². The fourth-order valence-electron chi connectivity index (χ4n) is 6.63. The number of benzene rings is 2. The summed E-state index contributed by atoms with van der Waals surface area (Å²) in [6.07, 6.45) is -0.387. The lowest BCUT2D eigenvalue weighted by molar-refractivity contribution is -0.137. The van der Waals surface area contributed by atoms with Gasteiger partial charge in [0.25, 0.3) is 0 Å². The quantitative estimate of drug-likeness (QED) is 0.516. The summed E-state index contributed by atoms with van der Waals surface area (Å²) in [5, 5.41) is 25.6. The van der Waals surface area contributed by atoms with Crippen LogP contribution in [0.5, 0.6) is 11.5 Å². The minimum Gasteiger partial charge on any atom is -0.504 e. The van der Waals surface area contributed by atoms with Gasteiger partial charge in [-0.05, 0) is 90.7 Å². The highest BCUT2D eigenvalue weighted by molar-refractivity contribution is 6.03. The molecule has 2 fully saturated rings. The van der Waals surface area contributed by atoms with Gasteiger partial charge in [-0.15, -0.1) is 0 Å². The van der Waals surface area contributed by atoms with E-state index in [1.54, 1.807) is 6.07 Å². The lowest BCUT2D eigenvalue weighted by atomic mass is 9.55. The maximum absolute atomic E-state index is 12.8. The number of aliphatic hydroxyl groups excluding tert-OH is 1. The van der Waals surface area contributed by atoms with E-state index >= 15 is 0 Å². The Morgan fingerprint density at radius 3 is 2.54 bits per heavy atom. The van der Waals surface area contributed by atoms with Crippen molar-refractivity contribution in [3.05, 3.63) is 58.7 Å². The fourth-order valence-corrected chi connectivity index (χ4v) is 6.63. The molecule has 0 amide bonds. The molecule has 0 aromatic heterocycles. The Balaban J connectivity index is 1.44. The van der Waals surface area contributed by atoms with Crippen LogP contribution in [0.2, 0.25) is 0 Å². The predicted octanol–water partition coefficient (Wildman–Crippen LogP) is 6.02. The van der Waals surface area contributed by atoms with Crippen LogP contribution in [0.15, 0.2) is 41.6 Å². The zero-order valence-corrected chi connectivity index (χ0v) is 19.8. The van der Waals surface area contributed by atoms with Gasteiger partial charge in [-0.2, -0.15) is 13.2 Å². The summed E-state index contributed by atoms with van der Waals surface area (Å²) < 4.78 is 43.9. The van der Waals surface area contributed by atoms with Crippen molar-refractivity contribution < 1.29 is 33.0 Å². The SMILES string of the molecule is COc1cc2c(cc1O)C(=NOCc1ccc(C(F)(F)F)cc1)C[C@@H]1[C@@H]2CC[C@]2(C)[C@@H](O)CC[C@@H]12. The van der Waals surface area contributed by atoms with E-state index in [-0.39, 0.29) is 35.7 Å². The molecular formula is C27H30F3NO4. The molecule has 2 aromatic rings. The van der Waals surface area contributed by atoms with Crippen LogP contribution in [0.3, 0.4) is 0 Å². The number of methoxy groups -OCH3 is 1. The number of hydrogen-bond donors (Lipinski definition) is 2. The van der Waals surface area contributed by atoms with Gasteiger partial charge in [0.15, 0.2) is 11.5 Å². The molecular weight excluding hydrogens is 459 g/mol. The minimum atomic E-state index is -4.38. The van der Waals surface area contributed by atoms with Crippen molar-refractivity contribution in [3.8, 4) is 11.5 Å². The number of hydrogen-bond acceptors (Lipinski definition) is 5. The van der Waals surface area contributed by atoms with Crippen molar-refractivity contribution in [1.82, 2.24) is 0 Å². The number of halogens is 3. The number of fused-ring (bicyclic) bond motifs is 5. The standard InChI is InChI=1S/C27H30F3NO4/c1-26-10-9-17-18-13-24(34-2)23(32)12-20(18)22(11-19(17)21(26)7-8-25(26)33)31-35-14-15-3-5-16(6-4-15)27(28,29)30/h3-6,12-13,17,19,21,25,32-33H,7-11,14H2,1-2H3/t17-,19-,21+,25+,26+/m1/s1. The Morgan fingerprint density at radius 1 is 1.11 bits per heavy atom. The summed E-state index contributed by atoms with van der Waals surface area (Å²) in [6.45, 7) is 2.23. The maximum atomic E-state index is 12.8. The van der Waals surface area contributed by atoms with Gasteiger partial charge >= 0.3 is 6.18 Å². The molecule has 0 bridgehead atoms. The fraction of sp³-hybridized carbons (Fsp3) is 0.519. The van der Waals surface area contributed by atoms with Gasteiger partial charge < -0.3 is 19.8 Å². The van der Waals surface area contributed by atoms with Crippen LogP contribution in [0.1, 0.15) is 67.2 Å². The van der Waals surface area contributed by atoms with E-state index in [0.29, 0.717) is 29.4 Å². The summed E-state index contributed by atoms with van der Waals surface area (Å²) in [4.78, 5) is 5.62. The van der Waals surface area contributed by atoms with Crippen LogP contribution in [0.25, 0.3) is 0 Å². The maximum Gasteiger partial charge on any atom is 0.416 e. The number of oxime groups is 1. The highest BCUT2D eigenvalue weighted by Gasteiger charge is 2.55. The van der Waals surface area contributed by atoms with Crippen LogP contribution >= 0.6 is 0 Å². The molecule has 2 aromatic carbocycles. The molecule has 5 atom stereocenters. The molecule has 0 radical (unpaired) electrons. The predicted molar refractivity (Wildman–Crippen MR) is 124 cm³/mol. The molecule has 0 saturated heterocycles. The molecule has 3 aliphatic rings. The van der Waals surface area contributed by atoms with Gasteiger partial charge in [0.05, 0.1) is 24.5 Å². The molecule has 5 rings (SSSR count). The zero-order chi connectivity index (χ0) is 25.0. The summed E-state index contributed by atoms with van der Waals surface area (Å²) in [7, 11) is 1.52. The van der Waals surface area contributed by atoms with Gasteiger partial charge in [-0.1, -0.05) is 24.2 Å². The van der Waals surface area contributed by atoms with Crippen molar-refractivity contribution in [2.75, 3.05) is 7.11 Å². The van der Waals surface area contributed by atoms with Gasteiger partial charge in [-0.3, -0.25) is 0 Å². The Morgan fingerprint density at radius 2 is 1.86 bits per heavy atom. The molecule has 0 spiro atoms. The number of rotatable bonds is 4. The lowest BCUT2D eigenvalue weighted by Crippen LogP contribution is -2.45. The van der Waals surface area contributed by atoms with E-state index in [1.807, 2.05) is 6.07 Å². The topological polar surface area (TPSA) is 71.3 Å². The normalized spacial score (nSPS) is 31.0. The first-order chi connectivity index (χ1) is 16.6. The molecule has 35 heavy (non-hydrogen) atoms. The third-order valence-corrected chi connectivity index (χ3v) is 8.56. The smallest absolute Gasteiger partial charge is 0.416 e. The van der Waals surface area contributed by atoms with E-state index in [2.05, 4.69) is 12.1 Å². The molecule has 2 saturated carbocycles. The van der Waals surface area contributed by atoms with Gasteiger partial charge in [0, 0.05) is 5.56 Å². The highest BCUT2D eigenvalue weighted by atomic mass is 19.4. The second kappa shape index (κ2) is 8.73. The van der Waals surface area contributed by atoms with E-state index in [4.69, 9.17) is 9.57 Å². The van der Waals surface area contributed by atoms with Crippen LogP contribution in [-0.4, -0.2) is 29.1 Å². The minimum absolute atomic E-state index is 0.0251. The molecule has 0 aliphatic heterocycles. The van der Waals surface area contributed by atoms with Gasteiger partial charge in [0.1, 0.15) is 6.61 Å². The summed E-state index contributed by atoms with van der Waals surface area (Å²) in [6, 6.07) is 8.40. The van der Waals surface area contributed by atoms with Crippen molar-refractivity contribution in [3.63, 3.8) is 0 Å². The summed E-state index contributed by atoms with van der Waals surface area (Å²) in [5.41, 5.74) is 2.35. The second-order valence-electron chi connectivity index (χ2n) is 10.3. The summed E-state index contributed by atoms with van der Waals surface area (Å²) in [5.74, 6) is 1.34. The Hall–Kier alpha value is -2.74. The van der Waals surface area contributed by atoms with Crippen LogP contribution in [0.4, 0.5) is 13.2 Å². The van der Waals surface area contributed by atoms with Gasteiger partial charge in [0.2, 0.25) is 0 Å². The number of ether oxygens (including phenoxy) is 1. The van der Waals surface area contributed by atoms with Crippen LogP contribution in [-0.2, 0) is 17.6 Å². The monoisotopic (exact) mass is 489 g/mol. The van der Waals surface area contributed by atoms with E-state index in [1.165, 1.54) is 19.2 Å².